The maximum Gasteiger partial charge on any atom is 0.408 e. The standard InChI is InChI=1S/C17H24NO5P/c1-4-21-16(19)18-15(11-10-14-8-6-5-7-9-14)24(20)22-12-17(2,3)13-23-24/h5-11,15H,4,12-13H2,1-3H3,(H,18,19)/b11-10+. The first-order valence-corrected chi connectivity index (χ1v) is 9.51. The summed E-state index contributed by atoms with van der Waals surface area (Å²) < 4.78 is 28.9. The number of amides is 1. The zero-order valence-electron chi connectivity index (χ0n) is 14.2. The fourth-order valence-corrected chi connectivity index (χ4v) is 4.08. The van der Waals surface area contributed by atoms with Crippen LogP contribution in [0.5, 0.6) is 0 Å². The summed E-state index contributed by atoms with van der Waals surface area (Å²) in [7, 11) is -3.52. The van der Waals surface area contributed by atoms with Gasteiger partial charge in [0, 0.05) is 5.41 Å². The fraction of sp³-hybridized carbons (Fsp3) is 0.471. The molecule has 2 rings (SSSR count). The molecular weight excluding hydrogens is 329 g/mol. The van der Waals surface area contributed by atoms with E-state index in [2.05, 4.69) is 5.32 Å². The molecule has 0 spiro atoms. The van der Waals surface area contributed by atoms with Gasteiger partial charge >= 0.3 is 13.7 Å². The minimum atomic E-state index is -3.52. The van der Waals surface area contributed by atoms with Crippen molar-refractivity contribution in [3.63, 3.8) is 0 Å². The van der Waals surface area contributed by atoms with Crippen LogP contribution in [-0.4, -0.2) is 31.7 Å². The van der Waals surface area contributed by atoms with Crippen molar-refractivity contribution in [3.05, 3.63) is 42.0 Å². The van der Waals surface area contributed by atoms with Crippen molar-refractivity contribution in [2.75, 3.05) is 19.8 Å². The molecule has 1 aliphatic rings. The highest BCUT2D eigenvalue weighted by molar-refractivity contribution is 7.54. The Morgan fingerprint density at radius 1 is 1.33 bits per heavy atom. The lowest BCUT2D eigenvalue weighted by molar-refractivity contribution is 0.0380. The van der Waals surface area contributed by atoms with Gasteiger partial charge in [-0.05, 0) is 18.6 Å². The van der Waals surface area contributed by atoms with Gasteiger partial charge in [0.2, 0.25) is 0 Å². The molecule has 1 heterocycles. The van der Waals surface area contributed by atoms with Gasteiger partial charge in [-0.1, -0.05) is 50.3 Å². The van der Waals surface area contributed by atoms with Gasteiger partial charge in [0.05, 0.1) is 19.8 Å². The van der Waals surface area contributed by atoms with Crippen LogP contribution in [0.1, 0.15) is 26.3 Å². The van der Waals surface area contributed by atoms with Gasteiger partial charge in [-0.15, -0.1) is 0 Å². The van der Waals surface area contributed by atoms with E-state index in [-0.39, 0.29) is 12.0 Å². The Labute approximate surface area is 142 Å². The van der Waals surface area contributed by atoms with Crippen molar-refractivity contribution < 1.29 is 23.1 Å². The van der Waals surface area contributed by atoms with Crippen molar-refractivity contribution in [3.8, 4) is 0 Å². The van der Waals surface area contributed by atoms with Crippen LogP contribution in [0.3, 0.4) is 0 Å². The zero-order chi connectivity index (χ0) is 17.6. The van der Waals surface area contributed by atoms with Gasteiger partial charge in [0.15, 0.2) is 5.78 Å². The molecule has 7 heteroatoms. The zero-order valence-corrected chi connectivity index (χ0v) is 15.1. The molecule has 1 saturated heterocycles. The number of rotatable bonds is 5. The highest BCUT2D eigenvalue weighted by Crippen LogP contribution is 2.57. The van der Waals surface area contributed by atoms with Gasteiger partial charge in [0.25, 0.3) is 0 Å². The minimum absolute atomic E-state index is 0.217. The second kappa shape index (κ2) is 7.97. The Morgan fingerprint density at radius 2 is 1.96 bits per heavy atom. The number of nitrogens with one attached hydrogen (secondary N) is 1. The molecule has 1 amide bonds. The maximum absolute atomic E-state index is 13.0. The Balaban J connectivity index is 2.18. The molecule has 1 atom stereocenters. The van der Waals surface area contributed by atoms with Gasteiger partial charge in [0.1, 0.15) is 0 Å². The average Bonchev–Trinajstić information content (AvgIpc) is 2.56. The SMILES string of the molecule is CCOC(=O)NC(/C=C/c1ccccc1)P1(=O)OCC(C)(C)CO1. The quantitative estimate of drug-likeness (QED) is 0.809. The van der Waals surface area contributed by atoms with Crippen molar-refractivity contribution in [2.45, 2.75) is 26.6 Å². The van der Waals surface area contributed by atoms with Crippen LogP contribution >= 0.6 is 7.60 Å². The summed E-state index contributed by atoms with van der Waals surface area (Å²) in [6, 6.07) is 9.50. The Bertz CT molecular complexity index is 615. The molecule has 0 radical (unpaired) electrons. The molecule has 0 aliphatic carbocycles. The number of benzene rings is 1. The second-order valence-electron chi connectivity index (χ2n) is 6.33. The van der Waals surface area contributed by atoms with E-state index in [1.807, 2.05) is 44.2 Å². The maximum atomic E-state index is 13.0. The lowest BCUT2D eigenvalue weighted by Gasteiger charge is -2.36. The van der Waals surface area contributed by atoms with Crippen molar-refractivity contribution in [1.82, 2.24) is 5.32 Å². The van der Waals surface area contributed by atoms with E-state index in [1.54, 1.807) is 19.1 Å². The van der Waals surface area contributed by atoms with E-state index in [0.29, 0.717) is 13.2 Å². The number of ether oxygens (including phenoxy) is 1. The van der Waals surface area contributed by atoms with Gasteiger partial charge < -0.3 is 19.1 Å². The van der Waals surface area contributed by atoms with Crippen LogP contribution in [-0.2, 0) is 18.3 Å². The van der Waals surface area contributed by atoms with Crippen molar-refractivity contribution in [2.24, 2.45) is 5.41 Å². The molecule has 0 saturated carbocycles. The third-order valence-electron chi connectivity index (χ3n) is 3.42. The lowest BCUT2D eigenvalue weighted by atomic mass is 9.97. The van der Waals surface area contributed by atoms with Crippen LogP contribution in [0, 0.1) is 5.41 Å². The number of alkyl carbamates (subject to hydrolysis) is 1. The predicted octanol–water partition coefficient (Wildman–Crippen LogP) is 4.04. The molecule has 1 fully saturated rings. The first-order valence-electron chi connectivity index (χ1n) is 7.90. The Morgan fingerprint density at radius 3 is 2.54 bits per heavy atom. The summed E-state index contributed by atoms with van der Waals surface area (Å²) in [4.78, 5) is 11.8. The monoisotopic (exact) mass is 353 g/mol. The van der Waals surface area contributed by atoms with E-state index in [1.165, 1.54) is 0 Å². The lowest BCUT2D eigenvalue weighted by Crippen LogP contribution is -2.39. The Kier molecular flexibility index (Phi) is 6.21. The first-order chi connectivity index (χ1) is 11.3. The molecule has 0 aromatic heterocycles. The molecule has 0 bridgehead atoms. The summed E-state index contributed by atoms with van der Waals surface area (Å²) in [5.41, 5.74) is 0.697. The van der Waals surface area contributed by atoms with E-state index >= 15 is 0 Å². The third-order valence-corrected chi connectivity index (χ3v) is 5.38. The van der Waals surface area contributed by atoms with Crippen LogP contribution in [0.4, 0.5) is 4.79 Å². The molecule has 1 aromatic carbocycles. The highest BCUT2D eigenvalue weighted by atomic mass is 31.2. The predicted molar refractivity (Wildman–Crippen MR) is 92.7 cm³/mol. The van der Waals surface area contributed by atoms with E-state index < -0.39 is 19.5 Å². The van der Waals surface area contributed by atoms with Gasteiger partial charge in [-0.3, -0.25) is 4.57 Å². The average molecular weight is 353 g/mol. The molecule has 132 valence electrons. The van der Waals surface area contributed by atoms with E-state index in [9.17, 15) is 9.36 Å². The highest BCUT2D eigenvalue weighted by Gasteiger charge is 2.42. The number of hydrogen-bond acceptors (Lipinski definition) is 5. The first kappa shape index (κ1) is 18.7. The third kappa shape index (κ3) is 5.20. The van der Waals surface area contributed by atoms with Crippen LogP contribution in [0.25, 0.3) is 6.08 Å². The topological polar surface area (TPSA) is 73.9 Å². The summed E-state index contributed by atoms with van der Waals surface area (Å²) in [5.74, 6) is -0.909. The van der Waals surface area contributed by atoms with Gasteiger partial charge in [-0.25, -0.2) is 4.79 Å². The van der Waals surface area contributed by atoms with Crippen molar-refractivity contribution in [1.29, 1.82) is 0 Å². The Hall–Kier alpha value is -1.62. The van der Waals surface area contributed by atoms with Crippen LogP contribution in [0.15, 0.2) is 36.4 Å². The van der Waals surface area contributed by atoms with Gasteiger partial charge in [-0.2, -0.15) is 0 Å². The number of carbonyl (C=O) groups is 1. The number of carbonyl (C=O) groups excluding carboxylic acids is 1. The molecule has 6 nitrogen and oxygen atoms in total. The largest absolute Gasteiger partial charge is 0.450 e. The summed E-state index contributed by atoms with van der Waals surface area (Å²) in [5, 5.41) is 2.56. The summed E-state index contributed by atoms with van der Waals surface area (Å²) in [6.07, 6.45) is 2.72. The summed E-state index contributed by atoms with van der Waals surface area (Å²) in [6.45, 7) is 6.44. The number of hydrogen-bond donors (Lipinski definition) is 1. The summed E-state index contributed by atoms with van der Waals surface area (Å²) >= 11 is 0. The van der Waals surface area contributed by atoms with E-state index in [4.69, 9.17) is 13.8 Å². The normalized spacial score (nSPS) is 20.5. The molecule has 1 N–H and O–H groups in total. The second-order valence-corrected chi connectivity index (χ2v) is 8.48. The minimum Gasteiger partial charge on any atom is -0.450 e. The molecule has 24 heavy (non-hydrogen) atoms. The molecule has 1 unspecified atom stereocenters. The fourth-order valence-electron chi connectivity index (χ4n) is 2.06. The van der Waals surface area contributed by atoms with Crippen LogP contribution < -0.4 is 5.32 Å². The van der Waals surface area contributed by atoms with Crippen LogP contribution in [0.2, 0.25) is 0 Å². The van der Waals surface area contributed by atoms with E-state index in [0.717, 1.165) is 5.56 Å². The molecule has 1 aromatic rings. The molecular formula is C17H24NO5P. The smallest absolute Gasteiger partial charge is 0.408 e. The van der Waals surface area contributed by atoms with Crippen molar-refractivity contribution >= 4 is 19.8 Å². The molecule has 1 aliphatic heterocycles.